The molecule has 0 unspecified atom stereocenters. The Labute approximate surface area is 107 Å². The van der Waals surface area contributed by atoms with Crippen LogP contribution in [0, 0.1) is 0 Å². The number of rotatable bonds is 5. The van der Waals surface area contributed by atoms with Crippen molar-refractivity contribution in [2.24, 2.45) is 0 Å². The number of carboxylic acids is 1. The second-order valence-electron chi connectivity index (χ2n) is 4.62. The van der Waals surface area contributed by atoms with Crippen LogP contribution in [-0.4, -0.2) is 42.8 Å². The number of nitrogens with zero attached hydrogens (tertiary/aromatic N) is 1. The molecule has 1 aromatic rings. The second kappa shape index (κ2) is 5.98. The van der Waals surface area contributed by atoms with Gasteiger partial charge >= 0.3 is 5.97 Å². The highest BCUT2D eigenvalue weighted by Gasteiger charge is 2.20. The van der Waals surface area contributed by atoms with Crippen LogP contribution in [0.4, 0.5) is 0 Å². The molecule has 0 spiro atoms. The molecule has 0 atom stereocenters. The SMILES string of the molecule is COCCCN1CCc2c(cccc2C(=O)O)C1. The number of hydrogen-bond donors (Lipinski definition) is 1. The lowest BCUT2D eigenvalue weighted by molar-refractivity contribution is 0.0694. The summed E-state index contributed by atoms with van der Waals surface area (Å²) in [5.41, 5.74) is 2.62. The Hall–Kier alpha value is -1.39. The minimum absolute atomic E-state index is 0.462. The Balaban J connectivity index is 2.06. The van der Waals surface area contributed by atoms with Gasteiger partial charge in [0, 0.05) is 33.4 Å². The Morgan fingerprint density at radius 2 is 2.33 bits per heavy atom. The van der Waals surface area contributed by atoms with Gasteiger partial charge in [-0.1, -0.05) is 12.1 Å². The van der Waals surface area contributed by atoms with Crippen LogP contribution in [0.1, 0.15) is 27.9 Å². The van der Waals surface area contributed by atoms with Crippen molar-refractivity contribution in [1.29, 1.82) is 0 Å². The van der Waals surface area contributed by atoms with Gasteiger partial charge in [0.2, 0.25) is 0 Å². The van der Waals surface area contributed by atoms with E-state index in [1.54, 1.807) is 13.2 Å². The van der Waals surface area contributed by atoms with Gasteiger partial charge in [-0.25, -0.2) is 4.79 Å². The molecule has 2 rings (SSSR count). The molecule has 4 heteroatoms. The van der Waals surface area contributed by atoms with Gasteiger partial charge < -0.3 is 9.84 Å². The van der Waals surface area contributed by atoms with E-state index in [1.165, 1.54) is 0 Å². The molecule has 4 nitrogen and oxygen atoms in total. The molecule has 98 valence electrons. The zero-order valence-electron chi connectivity index (χ0n) is 10.7. The molecule has 18 heavy (non-hydrogen) atoms. The van der Waals surface area contributed by atoms with Crippen LogP contribution in [0.2, 0.25) is 0 Å². The summed E-state index contributed by atoms with van der Waals surface area (Å²) in [5.74, 6) is -0.820. The highest BCUT2D eigenvalue weighted by Crippen LogP contribution is 2.22. The van der Waals surface area contributed by atoms with Gasteiger partial charge in [0.1, 0.15) is 0 Å². The van der Waals surface area contributed by atoms with E-state index in [0.717, 1.165) is 50.2 Å². The fraction of sp³-hybridized carbons (Fsp3) is 0.500. The van der Waals surface area contributed by atoms with Crippen molar-refractivity contribution in [3.8, 4) is 0 Å². The standard InChI is InChI=1S/C14H19NO3/c1-18-9-3-7-15-8-6-12-11(10-15)4-2-5-13(12)14(16)17/h2,4-5H,3,6-10H2,1H3,(H,16,17). The highest BCUT2D eigenvalue weighted by atomic mass is 16.5. The second-order valence-corrected chi connectivity index (χ2v) is 4.62. The summed E-state index contributed by atoms with van der Waals surface area (Å²) in [6.07, 6.45) is 1.84. The van der Waals surface area contributed by atoms with Gasteiger partial charge in [0.25, 0.3) is 0 Å². The summed E-state index contributed by atoms with van der Waals surface area (Å²) in [6, 6.07) is 5.56. The van der Waals surface area contributed by atoms with Crippen molar-refractivity contribution >= 4 is 5.97 Å². The molecular weight excluding hydrogens is 230 g/mol. The molecule has 0 radical (unpaired) electrons. The summed E-state index contributed by atoms with van der Waals surface area (Å²) in [4.78, 5) is 13.5. The van der Waals surface area contributed by atoms with Crippen molar-refractivity contribution < 1.29 is 14.6 Å². The van der Waals surface area contributed by atoms with Crippen LogP contribution in [0.5, 0.6) is 0 Å². The van der Waals surface area contributed by atoms with E-state index in [-0.39, 0.29) is 0 Å². The maximum Gasteiger partial charge on any atom is 0.335 e. The molecule has 0 aromatic heterocycles. The zero-order chi connectivity index (χ0) is 13.0. The predicted octanol–water partition coefficient (Wildman–Crippen LogP) is 1.78. The Morgan fingerprint density at radius 3 is 3.06 bits per heavy atom. The molecule has 1 aromatic carbocycles. The minimum Gasteiger partial charge on any atom is -0.478 e. The Bertz CT molecular complexity index is 431. The third-order valence-corrected chi connectivity index (χ3v) is 3.40. The van der Waals surface area contributed by atoms with E-state index in [1.807, 2.05) is 12.1 Å². The first-order chi connectivity index (χ1) is 8.72. The summed E-state index contributed by atoms with van der Waals surface area (Å²) in [5, 5.41) is 9.15. The van der Waals surface area contributed by atoms with Gasteiger partial charge in [-0.05, 0) is 30.0 Å². The van der Waals surface area contributed by atoms with Crippen molar-refractivity contribution in [2.45, 2.75) is 19.4 Å². The fourth-order valence-electron chi connectivity index (χ4n) is 2.49. The lowest BCUT2D eigenvalue weighted by Gasteiger charge is -2.29. The molecule has 0 saturated carbocycles. The lowest BCUT2D eigenvalue weighted by atomic mass is 9.94. The monoisotopic (exact) mass is 249 g/mol. The van der Waals surface area contributed by atoms with Gasteiger partial charge in [0.15, 0.2) is 0 Å². The number of carboxylic acid groups (broad SMARTS) is 1. The molecule has 1 aliphatic rings. The number of aromatic carboxylic acids is 1. The van der Waals surface area contributed by atoms with Crippen LogP contribution in [0.3, 0.4) is 0 Å². The number of carbonyl (C=O) groups is 1. The minimum atomic E-state index is -0.820. The third kappa shape index (κ3) is 2.89. The Kier molecular flexibility index (Phi) is 4.33. The van der Waals surface area contributed by atoms with Gasteiger partial charge in [0.05, 0.1) is 5.56 Å². The van der Waals surface area contributed by atoms with Crippen LogP contribution in [-0.2, 0) is 17.7 Å². The lowest BCUT2D eigenvalue weighted by Crippen LogP contribution is -2.32. The third-order valence-electron chi connectivity index (χ3n) is 3.40. The average Bonchev–Trinajstić information content (AvgIpc) is 2.38. The first-order valence-corrected chi connectivity index (χ1v) is 6.27. The van der Waals surface area contributed by atoms with E-state index >= 15 is 0 Å². The van der Waals surface area contributed by atoms with Crippen molar-refractivity contribution in [3.05, 3.63) is 34.9 Å². The average molecular weight is 249 g/mol. The molecule has 0 amide bonds. The largest absolute Gasteiger partial charge is 0.478 e. The number of benzene rings is 1. The summed E-state index contributed by atoms with van der Waals surface area (Å²) < 4.78 is 5.05. The number of hydrogen-bond acceptors (Lipinski definition) is 3. The molecule has 1 heterocycles. The number of ether oxygens (including phenoxy) is 1. The summed E-state index contributed by atoms with van der Waals surface area (Å²) in [6.45, 7) is 3.56. The number of fused-ring (bicyclic) bond motifs is 1. The summed E-state index contributed by atoms with van der Waals surface area (Å²) >= 11 is 0. The van der Waals surface area contributed by atoms with Gasteiger partial charge in [-0.3, -0.25) is 4.90 Å². The van der Waals surface area contributed by atoms with Crippen LogP contribution in [0.15, 0.2) is 18.2 Å². The van der Waals surface area contributed by atoms with E-state index in [4.69, 9.17) is 9.84 Å². The van der Waals surface area contributed by atoms with E-state index in [2.05, 4.69) is 4.90 Å². The molecule has 0 bridgehead atoms. The maximum absolute atomic E-state index is 11.1. The van der Waals surface area contributed by atoms with E-state index < -0.39 is 5.97 Å². The predicted molar refractivity (Wildman–Crippen MR) is 68.9 cm³/mol. The van der Waals surface area contributed by atoms with Crippen molar-refractivity contribution in [3.63, 3.8) is 0 Å². The van der Waals surface area contributed by atoms with Crippen LogP contribution in [0.25, 0.3) is 0 Å². The normalized spacial score (nSPS) is 15.4. The quantitative estimate of drug-likeness (QED) is 0.808. The highest BCUT2D eigenvalue weighted by molar-refractivity contribution is 5.89. The van der Waals surface area contributed by atoms with Crippen molar-refractivity contribution in [1.82, 2.24) is 4.90 Å². The van der Waals surface area contributed by atoms with E-state index in [9.17, 15) is 4.79 Å². The number of methoxy groups -OCH3 is 1. The van der Waals surface area contributed by atoms with Crippen LogP contribution < -0.4 is 0 Å². The van der Waals surface area contributed by atoms with Crippen molar-refractivity contribution in [2.75, 3.05) is 26.8 Å². The zero-order valence-corrected chi connectivity index (χ0v) is 10.7. The Morgan fingerprint density at radius 1 is 1.50 bits per heavy atom. The van der Waals surface area contributed by atoms with Gasteiger partial charge in [-0.15, -0.1) is 0 Å². The first-order valence-electron chi connectivity index (χ1n) is 6.27. The molecule has 0 saturated heterocycles. The molecule has 0 aliphatic carbocycles. The fourth-order valence-corrected chi connectivity index (χ4v) is 2.49. The molecule has 1 aliphatic heterocycles. The smallest absolute Gasteiger partial charge is 0.335 e. The van der Waals surface area contributed by atoms with Gasteiger partial charge in [-0.2, -0.15) is 0 Å². The molecule has 0 fully saturated rings. The van der Waals surface area contributed by atoms with Crippen LogP contribution >= 0.6 is 0 Å². The molecule has 1 N–H and O–H groups in total. The molecular formula is C14H19NO3. The first kappa shape index (κ1) is 13.1. The maximum atomic E-state index is 11.1. The topological polar surface area (TPSA) is 49.8 Å². The summed E-state index contributed by atoms with van der Waals surface area (Å²) in [7, 11) is 1.71. The van der Waals surface area contributed by atoms with E-state index in [0.29, 0.717) is 5.56 Å².